The van der Waals surface area contributed by atoms with Crippen molar-refractivity contribution in [3.63, 3.8) is 0 Å². The molecule has 38 heavy (non-hydrogen) atoms. The van der Waals surface area contributed by atoms with Gasteiger partial charge in [0.1, 0.15) is 17.9 Å². The van der Waals surface area contributed by atoms with Crippen LogP contribution in [0.25, 0.3) is 11.2 Å². The van der Waals surface area contributed by atoms with Gasteiger partial charge in [0.05, 0.1) is 32.0 Å². The van der Waals surface area contributed by atoms with Crippen LogP contribution in [0.3, 0.4) is 0 Å². The molecule has 5 atom stereocenters. The summed E-state index contributed by atoms with van der Waals surface area (Å²) in [4.78, 5) is 36.6. The summed E-state index contributed by atoms with van der Waals surface area (Å²) in [5.74, 6) is -0.995. The van der Waals surface area contributed by atoms with Crippen LogP contribution in [0.5, 0.6) is 0 Å². The van der Waals surface area contributed by atoms with Crippen LogP contribution in [0.15, 0.2) is 12.7 Å². The number of imidazole rings is 1. The first-order valence-electron chi connectivity index (χ1n) is 12.2. The topological polar surface area (TPSA) is 177 Å². The lowest BCUT2D eigenvalue weighted by atomic mass is 10.1. The molecule has 0 spiro atoms. The summed E-state index contributed by atoms with van der Waals surface area (Å²) in [6.45, 7) is 10.7. The maximum Gasteiger partial charge on any atom is 0.303 e. The van der Waals surface area contributed by atoms with E-state index in [2.05, 4.69) is 25.7 Å². The molecular weight excluding hydrogens is 517 g/mol. The Kier molecular flexibility index (Phi) is 10.3. The highest BCUT2D eigenvalue weighted by Crippen LogP contribution is 2.47. The molecule has 0 amide bonds. The molecule has 0 aromatic carbocycles. The predicted molar refractivity (Wildman–Crippen MR) is 136 cm³/mol. The summed E-state index contributed by atoms with van der Waals surface area (Å²) in [5.41, 5.74) is 6.64. The third kappa shape index (κ3) is 6.92. The van der Waals surface area contributed by atoms with Gasteiger partial charge < -0.3 is 29.0 Å². The van der Waals surface area contributed by atoms with E-state index in [1.807, 2.05) is 27.7 Å². The van der Waals surface area contributed by atoms with Crippen LogP contribution >= 0.6 is 8.53 Å². The number of nitriles is 1. The summed E-state index contributed by atoms with van der Waals surface area (Å²) in [5, 5.41) is 8.96. The molecule has 14 nitrogen and oxygen atoms in total. The number of nitrogens with two attached hydrogens (primary N) is 1. The number of esters is 2. The largest absolute Gasteiger partial charge is 0.456 e. The monoisotopic (exact) mass is 551 g/mol. The fourth-order valence-corrected chi connectivity index (χ4v) is 5.84. The van der Waals surface area contributed by atoms with Crippen LogP contribution in [0.2, 0.25) is 0 Å². The van der Waals surface area contributed by atoms with Crippen LogP contribution in [-0.2, 0) is 32.8 Å². The Bertz CT molecular complexity index is 1150. The van der Waals surface area contributed by atoms with Crippen LogP contribution in [0.4, 0.5) is 5.82 Å². The second-order valence-electron chi connectivity index (χ2n) is 9.14. The van der Waals surface area contributed by atoms with Crippen molar-refractivity contribution in [2.75, 3.05) is 18.9 Å². The zero-order chi connectivity index (χ0) is 28.0. The fourth-order valence-electron chi connectivity index (χ4n) is 4.22. The van der Waals surface area contributed by atoms with E-state index in [4.69, 9.17) is 34.3 Å². The fraction of sp³-hybridized carbons (Fsp3) is 0.652. The van der Waals surface area contributed by atoms with E-state index in [-0.39, 0.29) is 37.5 Å². The second-order valence-corrected chi connectivity index (χ2v) is 10.6. The van der Waals surface area contributed by atoms with Gasteiger partial charge in [-0.05, 0) is 27.7 Å². The molecular formula is C23H34N7O7P. The molecule has 2 N–H and O–H groups in total. The van der Waals surface area contributed by atoms with Crippen LogP contribution in [0.1, 0.15) is 54.2 Å². The molecule has 0 bridgehead atoms. The van der Waals surface area contributed by atoms with Crippen molar-refractivity contribution < 1.29 is 32.8 Å². The number of aromatic nitrogens is 4. The van der Waals surface area contributed by atoms with E-state index in [0.717, 1.165) is 0 Å². The van der Waals surface area contributed by atoms with Gasteiger partial charge in [-0.2, -0.15) is 5.26 Å². The molecule has 1 aliphatic heterocycles. The highest BCUT2D eigenvalue weighted by Gasteiger charge is 2.51. The number of nitrogen functional groups attached to an aromatic ring is 1. The van der Waals surface area contributed by atoms with Crippen molar-refractivity contribution in [1.29, 1.82) is 5.26 Å². The van der Waals surface area contributed by atoms with Crippen molar-refractivity contribution in [3.05, 3.63) is 12.7 Å². The second kappa shape index (κ2) is 13.2. The molecule has 0 saturated carbocycles. The van der Waals surface area contributed by atoms with Gasteiger partial charge in [0.2, 0.25) is 0 Å². The van der Waals surface area contributed by atoms with Crippen LogP contribution in [-0.4, -0.2) is 79.7 Å². The first-order valence-corrected chi connectivity index (χ1v) is 13.3. The van der Waals surface area contributed by atoms with Crippen molar-refractivity contribution >= 4 is 37.4 Å². The average molecular weight is 552 g/mol. The van der Waals surface area contributed by atoms with E-state index in [0.29, 0.717) is 11.2 Å². The zero-order valence-corrected chi connectivity index (χ0v) is 23.2. The lowest BCUT2D eigenvalue weighted by molar-refractivity contribution is -0.165. The number of hydrogen-bond donors (Lipinski definition) is 1. The minimum Gasteiger partial charge on any atom is -0.456 e. The highest BCUT2D eigenvalue weighted by atomic mass is 31.2. The summed E-state index contributed by atoms with van der Waals surface area (Å²) < 4.78 is 33.3. The summed E-state index contributed by atoms with van der Waals surface area (Å²) in [6.07, 6.45) is -0.881. The molecule has 3 heterocycles. The van der Waals surface area contributed by atoms with E-state index in [1.165, 1.54) is 26.5 Å². The van der Waals surface area contributed by atoms with Gasteiger partial charge >= 0.3 is 11.9 Å². The molecule has 2 unspecified atom stereocenters. The van der Waals surface area contributed by atoms with Crippen LogP contribution in [0, 0.1) is 11.3 Å². The number of fused-ring (bicyclic) bond motifs is 1. The number of nitrogens with zero attached hydrogens (tertiary/aromatic N) is 6. The average Bonchev–Trinajstić information content (AvgIpc) is 3.39. The smallest absolute Gasteiger partial charge is 0.303 e. The lowest BCUT2D eigenvalue weighted by Gasteiger charge is -2.36. The zero-order valence-electron chi connectivity index (χ0n) is 22.3. The number of anilines is 1. The molecule has 208 valence electrons. The van der Waals surface area contributed by atoms with Crippen LogP contribution < -0.4 is 5.73 Å². The molecule has 3 rings (SSSR count). The molecule has 0 radical (unpaired) electrons. The molecule has 2 aromatic rings. The van der Waals surface area contributed by atoms with Gasteiger partial charge in [0, 0.05) is 25.9 Å². The van der Waals surface area contributed by atoms with Gasteiger partial charge in [0.25, 0.3) is 8.53 Å². The Morgan fingerprint density at radius 1 is 1.13 bits per heavy atom. The first kappa shape index (κ1) is 29.6. The quantitative estimate of drug-likeness (QED) is 0.231. The maximum absolute atomic E-state index is 12.1. The van der Waals surface area contributed by atoms with Gasteiger partial charge in [-0.1, -0.05) is 0 Å². The van der Waals surface area contributed by atoms with Gasteiger partial charge in [-0.25, -0.2) is 19.6 Å². The SMILES string of the molecule is CC(=O)OC1[C@@H](OC(C)=O)[C@@H](COP(OCCC#N)N(C(C)C)C(C)C)O[C@H]1n1cnc2c(N)ncnc21. The Morgan fingerprint density at radius 2 is 1.79 bits per heavy atom. The highest BCUT2D eigenvalue weighted by molar-refractivity contribution is 7.44. The molecule has 1 saturated heterocycles. The van der Waals surface area contributed by atoms with Crippen molar-refractivity contribution in [2.45, 2.75) is 84.6 Å². The Labute approximate surface area is 222 Å². The predicted octanol–water partition coefficient (Wildman–Crippen LogP) is 2.46. The van der Waals surface area contributed by atoms with E-state index >= 15 is 0 Å². The van der Waals surface area contributed by atoms with Gasteiger partial charge in [-0.15, -0.1) is 0 Å². The molecule has 1 fully saturated rings. The van der Waals surface area contributed by atoms with E-state index < -0.39 is 45.0 Å². The Hall–Kier alpha value is -2.95. The minimum atomic E-state index is -1.60. The van der Waals surface area contributed by atoms with E-state index in [1.54, 1.807) is 4.57 Å². The number of carbonyl (C=O) groups is 2. The molecule has 0 aliphatic carbocycles. The van der Waals surface area contributed by atoms with Crippen molar-refractivity contribution in [3.8, 4) is 6.07 Å². The van der Waals surface area contributed by atoms with Gasteiger partial charge in [-0.3, -0.25) is 14.2 Å². The van der Waals surface area contributed by atoms with E-state index in [9.17, 15) is 9.59 Å². The number of ether oxygens (including phenoxy) is 3. The van der Waals surface area contributed by atoms with Crippen molar-refractivity contribution in [2.24, 2.45) is 0 Å². The number of rotatable bonds is 12. The summed E-state index contributed by atoms with van der Waals surface area (Å²) in [7, 11) is -1.60. The number of hydrogen-bond acceptors (Lipinski definition) is 13. The standard InChI is InChI=1S/C23H34N7O7P/c1-13(2)30(14(3)4)38(33-9-7-8-24)34-10-17-19(35-15(5)31)20(36-16(6)32)23(37-17)29-12-28-18-21(25)26-11-27-22(18)29/h11-14,17,19-20,23H,7,9-10H2,1-6H3,(H2,25,26,27)/t17-,19+,20?,23-,38?/m1/s1. The third-order valence-electron chi connectivity index (χ3n) is 5.56. The lowest BCUT2D eigenvalue weighted by Crippen LogP contribution is -2.40. The Balaban J connectivity index is 1.93. The minimum absolute atomic E-state index is 0.0514. The maximum atomic E-state index is 12.1. The Morgan fingerprint density at radius 3 is 2.39 bits per heavy atom. The first-order chi connectivity index (χ1) is 18.0. The molecule has 2 aromatic heterocycles. The molecule has 15 heteroatoms. The number of carbonyl (C=O) groups excluding carboxylic acids is 2. The summed E-state index contributed by atoms with van der Waals surface area (Å²) in [6, 6.07) is 2.23. The van der Waals surface area contributed by atoms with Gasteiger partial charge in [0.15, 0.2) is 29.9 Å². The third-order valence-corrected chi connectivity index (χ3v) is 7.64. The molecule has 1 aliphatic rings. The van der Waals surface area contributed by atoms with Crippen molar-refractivity contribution in [1.82, 2.24) is 24.2 Å². The normalized spacial score (nSPS) is 22.2. The summed E-state index contributed by atoms with van der Waals surface area (Å²) >= 11 is 0.